The molecule has 6 nitrogen and oxygen atoms in total. The van der Waals surface area contributed by atoms with Crippen molar-refractivity contribution in [2.75, 3.05) is 0 Å². The van der Waals surface area contributed by atoms with Gasteiger partial charge in [-0.1, -0.05) is 97.1 Å². The third-order valence-corrected chi connectivity index (χ3v) is 7.03. The first-order valence-corrected chi connectivity index (χ1v) is 13.9. The largest absolute Gasteiger partial charge is 0.473 e. The Balaban J connectivity index is 1.36. The number of ether oxygens (including phenoxy) is 2. The number of hydrogen-bond acceptors (Lipinski definition) is 5. The third-order valence-electron chi connectivity index (χ3n) is 7.03. The van der Waals surface area contributed by atoms with E-state index in [0.717, 1.165) is 27.9 Å². The lowest BCUT2D eigenvalue weighted by Gasteiger charge is -2.16. The monoisotopic (exact) mass is 561 g/mol. The maximum atomic E-state index is 12.3. The van der Waals surface area contributed by atoms with Gasteiger partial charge in [-0.25, -0.2) is 0 Å². The summed E-state index contributed by atoms with van der Waals surface area (Å²) in [5, 5.41) is 10.4. The highest BCUT2D eigenvalue weighted by atomic mass is 16.5. The molecule has 0 radical (unpaired) electrons. The fraction of sp³-hybridized carbons (Fsp3) is 0.0541. The van der Waals surface area contributed by atoms with Crippen LogP contribution in [-0.4, -0.2) is 9.55 Å². The van der Waals surface area contributed by atoms with Gasteiger partial charge in [-0.2, -0.15) is 10.2 Å². The van der Waals surface area contributed by atoms with Crippen LogP contribution < -0.4 is 15.0 Å². The first-order chi connectivity index (χ1) is 21.2. The maximum Gasteiger partial charge on any atom is 0.255 e. The summed E-state index contributed by atoms with van der Waals surface area (Å²) in [6.45, 7) is 0.681. The molecule has 43 heavy (non-hydrogen) atoms. The summed E-state index contributed by atoms with van der Waals surface area (Å²) >= 11 is 0. The second-order valence-electron chi connectivity index (χ2n) is 9.85. The molecule has 6 aromatic rings. The van der Waals surface area contributed by atoms with Crippen molar-refractivity contribution < 1.29 is 9.47 Å². The van der Waals surface area contributed by atoms with Crippen molar-refractivity contribution in [2.45, 2.75) is 13.2 Å². The van der Waals surface area contributed by atoms with Crippen molar-refractivity contribution in [3.05, 3.63) is 167 Å². The van der Waals surface area contributed by atoms with Crippen LogP contribution in [0.5, 0.6) is 11.8 Å². The molecule has 0 saturated heterocycles. The summed E-state index contributed by atoms with van der Waals surface area (Å²) in [6.07, 6.45) is 1.73. The van der Waals surface area contributed by atoms with Crippen LogP contribution in [-0.2, 0) is 13.2 Å². The minimum atomic E-state index is -0.110. The fourth-order valence-electron chi connectivity index (χ4n) is 4.86. The molecule has 0 aliphatic carbocycles. The van der Waals surface area contributed by atoms with Crippen molar-refractivity contribution in [1.29, 1.82) is 5.26 Å². The summed E-state index contributed by atoms with van der Waals surface area (Å²) in [4.78, 5) is 17.0. The molecule has 0 fully saturated rings. The van der Waals surface area contributed by atoms with Crippen molar-refractivity contribution in [3.63, 3.8) is 0 Å². The van der Waals surface area contributed by atoms with Crippen LogP contribution in [0.15, 0.2) is 144 Å². The highest BCUT2D eigenvalue weighted by molar-refractivity contribution is 5.84. The Morgan fingerprint density at radius 2 is 1.28 bits per heavy atom. The summed E-state index contributed by atoms with van der Waals surface area (Å²) in [7, 11) is 0. The van der Waals surface area contributed by atoms with Gasteiger partial charge in [-0.3, -0.25) is 9.36 Å². The highest BCUT2D eigenvalue weighted by Crippen LogP contribution is 2.37. The van der Waals surface area contributed by atoms with Gasteiger partial charge in [0, 0.05) is 40.7 Å². The van der Waals surface area contributed by atoms with E-state index in [2.05, 4.69) is 6.07 Å². The first kappa shape index (κ1) is 27.3. The van der Waals surface area contributed by atoms with E-state index in [1.165, 1.54) is 6.07 Å². The zero-order valence-electron chi connectivity index (χ0n) is 23.3. The second kappa shape index (κ2) is 12.7. The molecule has 2 aromatic heterocycles. The lowest BCUT2D eigenvalue weighted by Crippen LogP contribution is -2.15. The predicted molar refractivity (Wildman–Crippen MR) is 167 cm³/mol. The molecular formula is C37H27N3O3. The SMILES string of the molecule is N#Cc1c(-c2ccc(-n3ccccc3=O)cc2)cccc1-c1ccc(OCc2ccccc2)nc1OCc1ccccc1. The zero-order valence-corrected chi connectivity index (χ0v) is 23.3. The predicted octanol–water partition coefficient (Wildman–Crippen LogP) is 7.60. The second-order valence-corrected chi connectivity index (χ2v) is 9.85. The van der Waals surface area contributed by atoms with Crippen LogP contribution in [0.1, 0.15) is 16.7 Å². The fourth-order valence-corrected chi connectivity index (χ4v) is 4.86. The van der Waals surface area contributed by atoms with Gasteiger partial charge in [0.25, 0.3) is 5.56 Å². The normalized spacial score (nSPS) is 10.6. The molecule has 0 saturated carbocycles. The van der Waals surface area contributed by atoms with E-state index >= 15 is 0 Å². The molecular weight excluding hydrogens is 534 g/mol. The van der Waals surface area contributed by atoms with Gasteiger partial charge in [0.1, 0.15) is 19.3 Å². The van der Waals surface area contributed by atoms with E-state index in [1.54, 1.807) is 22.9 Å². The molecule has 208 valence electrons. The number of hydrogen-bond donors (Lipinski definition) is 0. The average molecular weight is 562 g/mol. The van der Waals surface area contributed by atoms with E-state index in [0.29, 0.717) is 41.7 Å². The van der Waals surface area contributed by atoms with Crippen LogP contribution in [0.2, 0.25) is 0 Å². The standard InChI is InChI=1S/C37H27N3O3/c38-24-34-31(29-17-19-30(20-18-29)40-23-8-7-16-36(40)41)14-9-15-32(34)33-21-22-35(42-25-27-10-3-1-4-11-27)39-37(33)43-26-28-12-5-2-6-13-28/h1-23H,25-26H2. The molecule has 0 aliphatic heterocycles. The molecule has 0 bridgehead atoms. The summed E-state index contributed by atoms with van der Waals surface area (Å²) in [5.74, 6) is 0.805. The Morgan fingerprint density at radius 3 is 1.95 bits per heavy atom. The maximum absolute atomic E-state index is 12.3. The molecule has 0 N–H and O–H groups in total. The molecule has 6 heteroatoms. The van der Waals surface area contributed by atoms with Gasteiger partial charge in [-0.15, -0.1) is 0 Å². The van der Waals surface area contributed by atoms with E-state index in [9.17, 15) is 10.1 Å². The van der Waals surface area contributed by atoms with Crippen molar-refractivity contribution in [1.82, 2.24) is 9.55 Å². The molecule has 0 unspecified atom stereocenters. The molecule has 4 aromatic carbocycles. The number of nitriles is 1. The van der Waals surface area contributed by atoms with Gasteiger partial charge in [-0.05, 0) is 41.0 Å². The topological polar surface area (TPSA) is 77.1 Å². The minimum Gasteiger partial charge on any atom is -0.473 e. The molecule has 2 heterocycles. The number of pyridine rings is 2. The van der Waals surface area contributed by atoms with Crippen LogP contribution >= 0.6 is 0 Å². The van der Waals surface area contributed by atoms with Crippen LogP contribution in [0.25, 0.3) is 27.9 Å². The number of aromatic nitrogens is 2. The Hall–Kier alpha value is -5.93. The Kier molecular flexibility index (Phi) is 8.06. The van der Waals surface area contributed by atoms with Gasteiger partial charge in [0.2, 0.25) is 11.8 Å². The quantitative estimate of drug-likeness (QED) is 0.182. The molecule has 0 amide bonds. The van der Waals surface area contributed by atoms with Crippen molar-refractivity contribution >= 4 is 0 Å². The average Bonchev–Trinajstić information content (AvgIpc) is 3.07. The van der Waals surface area contributed by atoms with E-state index in [1.807, 2.05) is 115 Å². The summed E-state index contributed by atoms with van der Waals surface area (Å²) in [6, 6.07) is 44.2. The van der Waals surface area contributed by atoms with Gasteiger partial charge < -0.3 is 9.47 Å². The lowest BCUT2D eigenvalue weighted by atomic mass is 9.92. The molecule has 0 spiro atoms. The molecule has 0 atom stereocenters. The van der Waals surface area contributed by atoms with E-state index in [-0.39, 0.29) is 5.56 Å². The number of benzene rings is 4. The third kappa shape index (κ3) is 6.22. The van der Waals surface area contributed by atoms with Crippen LogP contribution in [0.3, 0.4) is 0 Å². The van der Waals surface area contributed by atoms with E-state index < -0.39 is 0 Å². The Bertz CT molecular complexity index is 1940. The highest BCUT2D eigenvalue weighted by Gasteiger charge is 2.18. The Labute approximate surface area is 249 Å². The van der Waals surface area contributed by atoms with Gasteiger partial charge >= 0.3 is 0 Å². The molecule has 0 aliphatic rings. The minimum absolute atomic E-state index is 0.110. The van der Waals surface area contributed by atoms with Crippen molar-refractivity contribution in [2.24, 2.45) is 0 Å². The lowest BCUT2D eigenvalue weighted by molar-refractivity contribution is 0.268. The van der Waals surface area contributed by atoms with Gasteiger partial charge in [0.05, 0.1) is 5.56 Å². The van der Waals surface area contributed by atoms with Crippen molar-refractivity contribution in [3.8, 4) is 45.8 Å². The number of nitrogens with zero attached hydrogens (tertiary/aromatic N) is 3. The van der Waals surface area contributed by atoms with Gasteiger partial charge in [0.15, 0.2) is 0 Å². The summed E-state index contributed by atoms with van der Waals surface area (Å²) < 4.78 is 13.8. The first-order valence-electron chi connectivity index (χ1n) is 13.9. The molecule has 6 rings (SSSR count). The van der Waals surface area contributed by atoms with Crippen LogP contribution in [0.4, 0.5) is 0 Å². The smallest absolute Gasteiger partial charge is 0.255 e. The number of rotatable bonds is 9. The Morgan fingerprint density at radius 1 is 0.628 bits per heavy atom. The van der Waals surface area contributed by atoms with E-state index in [4.69, 9.17) is 14.5 Å². The zero-order chi connectivity index (χ0) is 29.4. The summed E-state index contributed by atoms with van der Waals surface area (Å²) in [5.41, 5.74) is 6.18. The van der Waals surface area contributed by atoms with Crippen LogP contribution in [0, 0.1) is 11.3 Å².